The maximum atomic E-state index is 14.1. The normalized spacial score (nSPS) is 16.3. The zero-order chi connectivity index (χ0) is 46.8. The Hall–Kier alpha value is -7.42. The molecule has 1 atom stereocenters. The highest BCUT2D eigenvalue weighted by molar-refractivity contribution is 9.09. The van der Waals surface area contributed by atoms with Gasteiger partial charge in [0, 0.05) is 84.2 Å². The summed E-state index contributed by atoms with van der Waals surface area (Å²) in [6.45, 7) is 0.300. The van der Waals surface area contributed by atoms with Crippen molar-refractivity contribution in [3.05, 3.63) is 124 Å². The lowest BCUT2D eigenvalue weighted by atomic mass is 9.91. The lowest BCUT2D eigenvalue weighted by Crippen LogP contribution is -2.46. The van der Waals surface area contributed by atoms with Crippen LogP contribution in [0.15, 0.2) is 112 Å². The van der Waals surface area contributed by atoms with Gasteiger partial charge in [-0.05, 0) is 135 Å². The van der Waals surface area contributed by atoms with E-state index >= 15 is 0 Å². The largest absolute Gasteiger partial charge is 0.488 e. The minimum absolute atomic E-state index is 0.0963. The number of rotatable bonds is 15. The Morgan fingerprint density at radius 2 is 1.42 bits per heavy atom. The molecular formula is C47H50BrN11O7. The quantitative estimate of drug-likeness (QED) is 0.0227. The van der Waals surface area contributed by atoms with Gasteiger partial charge in [-0.3, -0.25) is 24.5 Å². The highest BCUT2D eigenvalue weighted by Gasteiger charge is 2.35. The topological polar surface area (TPSA) is 232 Å². The summed E-state index contributed by atoms with van der Waals surface area (Å²) in [5.74, 6) is 1.78. The van der Waals surface area contributed by atoms with E-state index in [2.05, 4.69) is 69.4 Å². The number of hydrogen-bond donors (Lipinski definition) is 4. The van der Waals surface area contributed by atoms with Gasteiger partial charge in [-0.2, -0.15) is 10.2 Å². The van der Waals surface area contributed by atoms with Crippen molar-refractivity contribution in [2.45, 2.75) is 56.7 Å². The summed E-state index contributed by atoms with van der Waals surface area (Å²) in [7, 11) is 3.94. The molecule has 1 aliphatic carbocycles. The van der Waals surface area contributed by atoms with Crippen molar-refractivity contribution >= 4 is 68.4 Å². The highest BCUT2D eigenvalue weighted by atomic mass is 79.9. The minimum Gasteiger partial charge on any atom is -0.488 e. The third kappa shape index (κ3) is 14.3. The first-order valence-corrected chi connectivity index (χ1v) is 22.5. The van der Waals surface area contributed by atoms with Gasteiger partial charge in [-0.1, -0.05) is 33.2 Å². The average molecular weight is 961 g/mol. The number of benzene rings is 4. The van der Waals surface area contributed by atoms with Crippen LogP contribution >= 0.6 is 15.9 Å². The van der Waals surface area contributed by atoms with Gasteiger partial charge in [0.15, 0.2) is 6.73 Å². The van der Waals surface area contributed by atoms with E-state index in [1.165, 1.54) is 0 Å². The molecule has 1 saturated heterocycles. The number of azo groups is 1. The number of alkyl halides is 1. The number of carbonyl (C=O) groups excluding carboxylic acids is 5. The summed E-state index contributed by atoms with van der Waals surface area (Å²) in [6, 6.07) is 30.1. The van der Waals surface area contributed by atoms with E-state index in [1.54, 1.807) is 77.7 Å². The van der Waals surface area contributed by atoms with Gasteiger partial charge in [0.2, 0.25) is 17.9 Å². The first-order chi connectivity index (χ1) is 32.0. The SMILES string of the molecule is CN(C)c1ccc(N=Nc2ccc(C(=O)NC3CCC(NC(=O)OC(C(=O)N4CCC(C(=O)Nc5ccc(C#CNC(=O)CBr)cc5)CC4)c4ccc(OCN=[N+]=[N-])cc4)CC3)cc2)cc1. The molecule has 2 fully saturated rings. The van der Waals surface area contributed by atoms with Gasteiger partial charge >= 0.3 is 6.09 Å². The molecule has 6 rings (SSSR count). The molecule has 1 unspecified atom stereocenters. The molecule has 19 heteroatoms. The second-order valence-electron chi connectivity index (χ2n) is 15.8. The number of azide groups is 1. The number of anilines is 2. The van der Waals surface area contributed by atoms with Gasteiger partial charge in [0.05, 0.1) is 16.7 Å². The first kappa shape index (κ1) is 48.0. The van der Waals surface area contributed by atoms with Gasteiger partial charge in [-0.15, -0.1) is 0 Å². The van der Waals surface area contributed by atoms with Crippen LogP contribution < -0.4 is 30.9 Å². The molecule has 1 aliphatic heterocycles. The van der Waals surface area contributed by atoms with Crippen LogP contribution in [0, 0.1) is 17.9 Å². The Kier molecular flexibility index (Phi) is 17.5. The number of carbonyl (C=O) groups is 5. The van der Waals surface area contributed by atoms with Gasteiger partial charge in [0.1, 0.15) is 5.75 Å². The van der Waals surface area contributed by atoms with Crippen molar-refractivity contribution in [1.29, 1.82) is 0 Å². The van der Waals surface area contributed by atoms with E-state index in [-0.39, 0.29) is 60.9 Å². The van der Waals surface area contributed by atoms with Crippen LogP contribution in [0.2, 0.25) is 0 Å². The van der Waals surface area contributed by atoms with Crippen molar-refractivity contribution in [3.8, 4) is 17.7 Å². The lowest BCUT2D eigenvalue weighted by molar-refractivity contribution is -0.143. The Labute approximate surface area is 390 Å². The maximum absolute atomic E-state index is 14.1. The zero-order valence-electron chi connectivity index (χ0n) is 36.5. The molecule has 1 heterocycles. The molecule has 1 saturated carbocycles. The Bertz CT molecular complexity index is 2450. The highest BCUT2D eigenvalue weighted by Crippen LogP contribution is 2.28. The molecule has 342 valence electrons. The third-order valence-electron chi connectivity index (χ3n) is 11.0. The molecule has 2 aliphatic rings. The molecule has 0 radical (unpaired) electrons. The summed E-state index contributed by atoms with van der Waals surface area (Å²) >= 11 is 3.06. The Balaban J connectivity index is 0.990. The number of halogens is 1. The molecule has 0 bridgehead atoms. The monoisotopic (exact) mass is 959 g/mol. The minimum atomic E-state index is -1.30. The number of nitrogens with zero attached hydrogens (tertiary/aromatic N) is 7. The molecule has 4 aromatic carbocycles. The molecule has 0 aromatic heterocycles. The summed E-state index contributed by atoms with van der Waals surface area (Å²) in [5.41, 5.74) is 13.1. The van der Waals surface area contributed by atoms with Crippen LogP contribution in [0.3, 0.4) is 0 Å². The Morgan fingerprint density at radius 3 is 2.02 bits per heavy atom. The van der Waals surface area contributed by atoms with Crippen molar-refractivity contribution in [2.24, 2.45) is 21.3 Å². The third-order valence-corrected chi connectivity index (χ3v) is 11.5. The maximum Gasteiger partial charge on any atom is 0.408 e. The molecule has 4 aromatic rings. The average Bonchev–Trinajstić information content (AvgIpc) is 3.34. The molecular weight excluding hydrogens is 910 g/mol. The fourth-order valence-electron chi connectivity index (χ4n) is 7.32. The van der Waals surface area contributed by atoms with Crippen LogP contribution in [-0.4, -0.2) is 86.0 Å². The van der Waals surface area contributed by atoms with Crippen molar-refractivity contribution in [2.75, 3.05) is 49.5 Å². The van der Waals surface area contributed by atoms with Crippen LogP contribution in [0.4, 0.5) is 27.5 Å². The summed E-state index contributed by atoms with van der Waals surface area (Å²) in [4.78, 5) is 71.5. The van der Waals surface area contributed by atoms with E-state index in [0.29, 0.717) is 72.3 Å². The molecule has 4 N–H and O–H groups in total. The number of nitrogens with one attached hydrogen (secondary N) is 4. The molecule has 18 nitrogen and oxygen atoms in total. The zero-order valence-corrected chi connectivity index (χ0v) is 38.1. The van der Waals surface area contributed by atoms with Gasteiger partial charge in [-0.25, -0.2) is 4.79 Å². The predicted molar refractivity (Wildman–Crippen MR) is 252 cm³/mol. The van der Waals surface area contributed by atoms with Crippen LogP contribution in [0.1, 0.15) is 66.1 Å². The Morgan fingerprint density at radius 1 is 0.818 bits per heavy atom. The van der Waals surface area contributed by atoms with Crippen molar-refractivity contribution < 1.29 is 33.4 Å². The van der Waals surface area contributed by atoms with Crippen molar-refractivity contribution in [3.63, 3.8) is 0 Å². The van der Waals surface area contributed by atoms with Gasteiger partial charge < -0.3 is 35.2 Å². The predicted octanol–water partition coefficient (Wildman–Crippen LogP) is 8.02. The van der Waals surface area contributed by atoms with E-state index in [1.807, 2.05) is 43.3 Å². The van der Waals surface area contributed by atoms with Crippen molar-refractivity contribution in [1.82, 2.24) is 20.9 Å². The van der Waals surface area contributed by atoms with E-state index in [9.17, 15) is 24.0 Å². The first-order valence-electron chi connectivity index (χ1n) is 21.3. The van der Waals surface area contributed by atoms with Crippen LogP contribution in [0.25, 0.3) is 10.4 Å². The van der Waals surface area contributed by atoms with E-state index in [4.69, 9.17) is 15.0 Å². The molecule has 5 amide bonds. The lowest BCUT2D eigenvalue weighted by Gasteiger charge is -2.34. The molecule has 0 spiro atoms. The number of amides is 5. The second-order valence-corrected chi connectivity index (χ2v) is 16.3. The summed E-state index contributed by atoms with van der Waals surface area (Å²) < 4.78 is 11.3. The number of piperidine rings is 1. The van der Waals surface area contributed by atoms with Gasteiger partial charge in [0.25, 0.3) is 11.8 Å². The fraction of sp³-hybridized carbons (Fsp3) is 0.340. The number of ether oxygens (including phenoxy) is 2. The van der Waals surface area contributed by atoms with E-state index < -0.39 is 18.1 Å². The number of hydrogen-bond acceptors (Lipinski definition) is 11. The fourth-order valence-corrected chi connectivity index (χ4v) is 7.46. The van der Waals surface area contributed by atoms with Crippen LogP contribution in [0.5, 0.6) is 5.75 Å². The smallest absolute Gasteiger partial charge is 0.408 e. The van der Waals surface area contributed by atoms with Crippen LogP contribution in [-0.2, 0) is 19.1 Å². The standard InChI is InChI=1S/C47H50BrN11O7/c1-58(2)40-19-17-39(18-20-40)56-55-38-11-5-33(6-12-38)44(61)53-36-13-15-37(16-14-36)54-47(64)66-43(32-7-21-41(22-8-32)65-30-51-57-49)46(63)59-27-24-34(25-28-59)45(62)52-35-9-3-31(4-10-35)23-26-50-42(60)29-48/h3-12,17-22,34,36-37,43H,13-16,24-25,27-30H2,1-2H3,(H,50,60)(H,52,62)(H,53,61)(H,54,64). The number of alkyl carbamates (subject to hydrolysis) is 1. The number of likely N-dealkylation sites (tertiary alicyclic amines) is 1. The molecule has 66 heavy (non-hydrogen) atoms. The van der Waals surface area contributed by atoms with E-state index in [0.717, 1.165) is 11.4 Å². The summed E-state index contributed by atoms with van der Waals surface area (Å²) in [6.07, 6.45) is 1.13. The summed E-state index contributed by atoms with van der Waals surface area (Å²) in [5, 5.41) is 23.5. The second kappa shape index (κ2) is 24.0.